The Kier molecular flexibility index (Phi) is 3.99. The molecule has 2 aromatic rings. The molecule has 0 radical (unpaired) electrons. The molecule has 96 valence electrons. The molecular formula is C13H17ClN4. The zero-order valence-electron chi connectivity index (χ0n) is 10.5. The largest absolute Gasteiger partial charge is 0.321 e. The van der Waals surface area contributed by atoms with E-state index in [2.05, 4.69) is 23.9 Å². The van der Waals surface area contributed by atoms with Crippen molar-refractivity contribution in [3.8, 4) is 0 Å². The molecule has 1 aromatic heterocycles. The highest BCUT2D eigenvalue weighted by Crippen LogP contribution is 2.18. The topological polar surface area (TPSA) is 56.7 Å². The average Bonchev–Trinajstić information content (AvgIpc) is 2.81. The maximum Gasteiger partial charge on any atom is 0.144 e. The minimum absolute atomic E-state index is 0.156. The molecule has 0 aliphatic heterocycles. The maximum absolute atomic E-state index is 6.19. The molecule has 2 N–H and O–H groups in total. The van der Waals surface area contributed by atoms with Gasteiger partial charge < -0.3 is 5.73 Å². The molecule has 1 atom stereocenters. The van der Waals surface area contributed by atoms with E-state index in [1.807, 2.05) is 28.9 Å². The number of hydrogen-bond acceptors (Lipinski definition) is 3. The second-order valence-electron chi connectivity index (χ2n) is 4.59. The third kappa shape index (κ3) is 2.89. The number of halogens is 1. The van der Waals surface area contributed by atoms with Crippen LogP contribution in [-0.4, -0.2) is 14.8 Å². The van der Waals surface area contributed by atoms with Gasteiger partial charge in [-0.3, -0.25) is 0 Å². The van der Waals surface area contributed by atoms with Gasteiger partial charge in [0.15, 0.2) is 0 Å². The first-order valence-electron chi connectivity index (χ1n) is 5.97. The summed E-state index contributed by atoms with van der Waals surface area (Å²) >= 11 is 5.86. The third-order valence-electron chi connectivity index (χ3n) is 2.79. The Morgan fingerprint density at radius 3 is 2.56 bits per heavy atom. The van der Waals surface area contributed by atoms with Gasteiger partial charge in [-0.15, -0.1) is 0 Å². The molecule has 4 nitrogen and oxygen atoms in total. The molecule has 5 heteroatoms. The van der Waals surface area contributed by atoms with Gasteiger partial charge in [-0.25, -0.2) is 9.67 Å². The van der Waals surface area contributed by atoms with Gasteiger partial charge in [-0.2, -0.15) is 5.10 Å². The number of nitrogens with zero attached hydrogens (tertiary/aromatic N) is 3. The number of hydrogen-bond donors (Lipinski definition) is 1. The van der Waals surface area contributed by atoms with Crippen molar-refractivity contribution in [2.45, 2.75) is 32.4 Å². The van der Waals surface area contributed by atoms with E-state index in [1.165, 1.54) is 0 Å². The Hall–Kier alpha value is -1.39. The molecule has 1 aromatic carbocycles. The summed E-state index contributed by atoms with van der Waals surface area (Å²) in [6.45, 7) is 4.13. The normalized spacial score (nSPS) is 12.9. The fourth-order valence-electron chi connectivity index (χ4n) is 1.89. The lowest BCUT2D eigenvalue weighted by Crippen LogP contribution is -2.20. The average molecular weight is 265 g/mol. The van der Waals surface area contributed by atoms with Crippen molar-refractivity contribution in [2.24, 2.45) is 5.73 Å². The van der Waals surface area contributed by atoms with Crippen molar-refractivity contribution in [3.05, 3.63) is 47.0 Å². The second-order valence-corrected chi connectivity index (χ2v) is 5.03. The van der Waals surface area contributed by atoms with E-state index in [0.717, 1.165) is 22.8 Å². The minimum Gasteiger partial charge on any atom is -0.321 e. The first-order chi connectivity index (χ1) is 8.58. The zero-order valence-corrected chi connectivity index (χ0v) is 11.3. The smallest absolute Gasteiger partial charge is 0.144 e. The predicted octanol–water partition coefficient (Wildman–Crippen LogP) is 2.75. The van der Waals surface area contributed by atoms with E-state index in [0.29, 0.717) is 0 Å². The van der Waals surface area contributed by atoms with Crippen LogP contribution in [0.25, 0.3) is 0 Å². The Morgan fingerprint density at radius 2 is 1.94 bits per heavy atom. The Bertz CT molecular complexity index is 504. The quantitative estimate of drug-likeness (QED) is 0.924. The Balaban J connectivity index is 2.14. The van der Waals surface area contributed by atoms with Crippen molar-refractivity contribution >= 4 is 11.6 Å². The fourth-order valence-corrected chi connectivity index (χ4v) is 2.01. The van der Waals surface area contributed by atoms with Crippen LogP contribution in [0.4, 0.5) is 0 Å². The number of rotatable bonds is 4. The van der Waals surface area contributed by atoms with Crippen LogP contribution in [0.3, 0.4) is 0 Å². The summed E-state index contributed by atoms with van der Waals surface area (Å²) in [7, 11) is 0. The summed E-state index contributed by atoms with van der Waals surface area (Å²) in [6.07, 6.45) is 2.28. The van der Waals surface area contributed by atoms with E-state index in [9.17, 15) is 0 Å². The minimum atomic E-state index is -0.156. The van der Waals surface area contributed by atoms with E-state index < -0.39 is 0 Å². The number of nitrogens with two attached hydrogens (primary N) is 1. The van der Waals surface area contributed by atoms with Crippen LogP contribution in [0.1, 0.15) is 37.3 Å². The van der Waals surface area contributed by atoms with Crippen molar-refractivity contribution in [3.63, 3.8) is 0 Å². The molecule has 0 bridgehead atoms. The van der Waals surface area contributed by atoms with E-state index in [-0.39, 0.29) is 12.1 Å². The van der Waals surface area contributed by atoms with Crippen molar-refractivity contribution in [1.82, 2.24) is 14.8 Å². The highest BCUT2D eigenvalue weighted by molar-refractivity contribution is 6.30. The summed E-state index contributed by atoms with van der Waals surface area (Å²) in [5, 5.41) is 4.93. The molecule has 0 fully saturated rings. The lowest BCUT2D eigenvalue weighted by atomic mass is 10.1. The number of benzene rings is 1. The van der Waals surface area contributed by atoms with Crippen LogP contribution < -0.4 is 5.73 Å². The lowest BCUT2D eigenvalue weighted by Gasteiger charge is -2.15. The van der Waals surface area contributed by atoms with Crippen LogP contribution in [-0.2, 0) is 6.42 Å². The van der Waals surface area contributed by atoms with Crippen molar-refractivity contribution in [1.29, 1.82) is 0 Å². The van der Waals surface area contributed by atoms with Crippen molar-refractivity contribution in [2.75, 3.05) is 0 Å². The van der Waals surface area contributed by atoms with Gasteiger partial charge in [0, 0.05) is 11.1 Å². The Labute approximate surface area is 112 Å². The van der Waals surface area contributed by atoms with Crippen LogP contribution in [0, 0.1) is 0 Å². The van der Waals surface area contributed by atoms with Crippen LogP contribution in [0.2, 0.25) is 5.02 Å². The molecule has 0 amide bonds. The third-order valence-corrected chi connectivity index (χ3v) is 3.04. The van der Waals surface area contributed by atoms with Gasteiger partial charge in [0.1, 0.15) is 12.2 Å². The van der Waals surface area contributed by atoms with Gasteiger partial charge in [0.05, 0.1) is 6.04 Å². The molecule has 18 heavy (non-hydrogen) atoms. The molecule has 0 spiro atoms. The summed E-state index contributed by atoms with van der Waals surface area (Å²) in [4.78, 5) is 4.25. The maximum atomic E-state index is 6.19. The van der Waals surface area contributed by atoms with Crippen LogP contribution in [0.5, 0.6) is 0 Å². The van der Waals surface area contributed by atoms with Gasteiger partial charge in [0.25, 0.3) is 0 Å². The molecule has 0 aliphatic carbocycles. The Morgan fingerprint density at radius 1 is 1.28 bits per heavy atom. The monoisotopic (exact) mass is 264 g/mol. The van der Waals surface area contributed by atoms with Gasteiger partial charge in [0.2, 0.25) is 0 Å². The highest BCUT2D eigenvalue weighted by Gasteiger charge is 2.15. The fraction of sp³-hybridized carbons (Fsp3) is 0.385. The molecule has 1 unspecified atom stereocenters. The van der Waals surface area contributed by atoms with E-state index >= 15 is 0 Å². The lowest BCUT2D eigenvalue weighted by molar-refractivity contribution is 0.478. The molecular weight excluding hydrogens is 248 g/mol. The first kappa shape index (κ1) is 13.1. The molecule has 0 saturated carbocycles. The molecule has 2 rings (SSSR count). The summed E-state index contributed by atoms with van der Waals surface area (Å²) in [5.41, 5.74) is 7.34. The predicted molar refractivity (Wildman–Crippen MR) is 72.5 cm³/mol. The molecule has 1 heterocycles. The number of aromatic nitrogens is 3. The second kappa shape index (κ2) is 5.50. The molecule has 0 aliphatic rings. The van der Waals surface area contributed by atoms with Gasteiger partial charge in [-0.1, -0.05) is 23.7 Å². The highest BCUT2D eigenvalue weighted by atomic mass is 35.5. The van der Waals surface area contributed by atoms with Crippen LogP contribution in [0.15, 0.2) is 30.6 Å². The van der Waals surface area contributed by atoms with Crippen LogP contribution >= 0.6 is 11.6 Å². The van der Waals surface area contributed by atoms with Gasteiger partial charge >= 0.3 is 0 Å². The molecule has 0 saturated heterocycles. The summed E-state index contributed by atoms with van der Waals surface area (Å²) in [5.74, 6) is 0.819. The summed E-state index contributed by atoms with van der Waals surface area (Å²) in [6, 6.07) is 7.82. The first-order valence-corrected chi connectivity index (χ1v) is 6.35. The van der Waals surface area contributed by atoms with Gasteiger partial charge in [-0.05, 0) is 38.0 Å². The van der Waals surface area contributed by atoms with E-state index in [4.69, 9.17) is 17.3 Å². The van der Waals surface area contributed by atoms with E-state index in [1.54, 1.807) is 6.33 Å². The van der Waals surface area contributed by atoms with Crippen molar-refractivity contribution < 1.29 is 0 Å². The summed E-state index contributed by atoms with van der Waals surface area (Å²) < 4.78 is 1.86. The SMILES string of the molecule is CC(C)n1ncnc1C(N)Cc1ccc(Cl)cc1. The zero-order chi connectivity index (χ0) is 13.1. The standard InChI is InChI=1S/C13H17ClN4/c1-9(2)18-13(16-8-17-18)12(15)7-10-3-5-11(14)6-4-10/h3-6,8-9,12H,7,15H2,1-2H3.